The van der Waals surface area contributed by atoms with E-state index in [0.29, 0.717) is 6.54 Å². The highest BCUT2D eigenvalue weighted by Crippen LogP contribution is 2.14. The lowest BCUT2D eigenvalue weighted by Gasteiger charge is -2.28. The van der Waals surface area contributed by atoms with Gasteiger partial charge in [0.05, 0.1) is 12.2 Å². The summed E-state index contributed by atoms with van der Waals surface area (Å²) in [6.07, 6.45) is 2.05. The number of rotatable bonds is 1. The normalized spacial score (nSPS) is 15.6. The summed E-state index contributed by atoms with van der Waals surface area (Å²) in [5.41, 5.74) is 1.03. The Morgan fingerprint density at radius 2 is 2.20 bits per heavy atom. The van der Waals surface area contributed by atoms with E-state index in [4.69, 9.17) is 0 Å². The van der Waals surface area contributed by atoms with Gasteiger partial charge >= 0.3 is 0 Å². The van der Waals surface area contributed by atoms with Gasteiger partial charge in [0, 0.05) is 25.2 Å². The van der Waals surface area contributed by atoms with Gasteiger partial charge in [0.15, 0.2) is 0 Å². The fraction of sp³-hybridized carbons (Fsp3) is 0.636. The average Bonchev–Trinajstić information content (AvgIpc) is 2.55. The van der Waals surface area contributed by atoms with Crippen LogP contribution in [0.15, 0.2) is 6.20 Å². The molecule has 0 fully saturated rings. The van der Waals surface area contributed by atoms with Crippen molar-refractivity contribution in [2.24, 2.45) is 5.92 Å². The first-order valence-corrected chi connectivity index (χ1v) is 5.39. The van der Waals surface area contributed by atoms with E-state index in [1.807, 2.05) is 31.9 Å². The number of hydrogen-bond acceptors (Lipinski definition) is 2. The number of carbonyl (C=O) groups excluding carboxylic acids is 1. The van der Waals surface area contributed by atoms with Gasteiger partial charge in [-0.1, -0.05) is 13.8 Å². The summed E-state index contributed by atoms with van der Waals surface area (Å²) in [5.74, 6) is 1.31. The van der Waals surface area contributed by atoms with Crippen LogP contribution < -0.4 is 0 Å². The molecule has 0 atom stereocenters. The molecule has 0 radical (unpaired) electrons. The molecule has 4 nitrogen and oxygen atoms in total. The summed E-state index contributed by atoms with van der Waals surface area (Å²) in [7, 11) is 0. The monoisotopic (exact) mass is 207 g/mol. The van der Waals surface area contributed by atoms with Crippen molar-refractivity contribution >= 4 is 5.91 Å². The summed E-state index contributed by atoms with van der Waals surface area (Å²) in [6.45, 7) is 8.20. The summed E-state index contributed by atoms with van der Waals surface area (Å²) < 4.78 is 2.14. The smallest absolute Gasteiger partial charge is 0.225 e. The highest BCUT2D eigenvalue weighted by molar-refractivity contribution is 5.78. The zero-order valence-corrected chi connectivity index (χ0v) is 9.53. The fourth-order valence-electron chi connectivity index (χ4n) is 1.95. The summed E-state index contributed by atoms with van der Waals surface area (Å²) in [4.78, 5) is 18.1. The summed E-state index contributed by atoms with van der Waals surface area (Å²) in [6, 6.07) is 0. The number of carbonyl (C=O) groups is 1. The number of aryl methyl sites for hydroxylation is 1. The van der Waals surface area contributed by atoms with Crippen molar-refractivity contribution in [1.29, 1.82) is 0 Å². The van der Waals surface area contributed by atoms with Crippen molar-refractivity contribution in [1.82, 2.24) is 14.5 Å². The van der Waals surface area contributed by atoms with E-state index in [0.717, 1.165) is 24.6 Å². The quantitative estimate of drug-likeness (QED) is 0.693. The second-order valence-corrected chi connectivity index (χ2v) is 4.41. The molecule has 4 heteroatoms. The molecular formula is C11H17N3O. The fourth-order valence-corrected chi connectivity index (χ4v) is 1.95. The van der Waals surface area contributed by atoms with Crippen LogP contribution in [0, 0.1) is 12.8 Å². The van der Waals surface area contributed by atoms with Gasteiger partial charge in [-0.2, -0.15) is 0 Å². The minimum atomic E-state index is 0.0765. The first-order chi connectivity index (χ1) is 7.08. The Balaban J connectivity index is 2.15. The van der Waals surface area contributed by atoms with Crippen LogP contribution in [0.3, 0.4) is 0 Å². The van der Waals surface area contributed by atoms with Gasteiger partial charge < -0.3 is 9.47 Å². The molecule has 0 aliphatic carbocycles. The standard InChI is InChI=1S/C11H17N3O/c1-8(2)11(15)14-5-4-13-6-9(3)12-10(13)7-14/h6,8H,4-5,7H2,1-3H3. The lowest BCUT2D eigenvalue weighted by atomic mass is 10.2. The van der Waals surface area contributed by atoms with Gasteiger partial charge in [0.1, 0.15) is 5.82 Å². The van der Waals surface area contributed by atoms with E-state index >= 15 is 0 Å². The maximum absolute atomic E-state index is 11.8. The minimum Gasteiger partial charge on any atom is -0.333 e. The van der Waals surface area contributed by atoms with Crippen LogP contribution in [-0.2, 0) is 17.9 Å². The molecule has 1 aliphatic heterocycles. The van der Waals surface area contributed by atoms with E-state index in [1.54, 1.807) is 0 Å². The van der Waals surface area contributed by atoms with Crippen LogP contribution in [0.2, 0.25) is 0 Å². The van der Waals surface area contributed by atoms with E-state index in [1.165, 1.54) is 0 Å². The zero-order valence-electron chi connectivity index (χ0n) is 9.53. The number of aromatic nitrogens is 2. The van der Waals surface area contributed by atoms with Crippen molar-refractivity contribution in [2.45, 2.75) is 33.9 Å². The molecule has 1 aromatic heterocycles. The van der Waals surface area contributed by atoms with E-state index in [2.05, 4.69) is 9.55 Å². The molecule has 0 saturated carbocycles. The van der Waals surface area contributed by atoms with Crippen molar-refractivity contribution in [3.05, 3.63) is 17.7 Å². The minimum absolute atomic E-state index is 0.0765. The molecule has 1 amide bonds. The van der Waals surface area contributed by atoms with E-state index < -0.39 is 0 Å². The maximum atomic E-state index is 11.8. The predicted octanol–water partition coefficient (Wildman–Crippen LogP) is 1.19. The molecule has 15 heavy (non-hydrogen) atoms. The van der Waals surface area contributed by atoms with Crippen LogP contribution in [-0.4, -0.2) is 26.9 Å². The topological polar surface area (TPSA) is 38.1 Å². The summed E-state index contributed by atoms with van der Waals surface area (Å²) >= 11 is 0. The van der Waals surface area contributed by atoms with Crippen LogP contribution >= 0.6 is 0 Å². The Bertz CT molecular complexity index is 381. The SMILES string of the molecule is Cc1cn2c(n1)CN(C(=O)C(C)C)CC2. The van der Waals surface area contributed by atoms with E-state index in [-0.39, 0.29) is 11.8 Å². The second kappa shape index (κ2) is 3.68. The number of imidazole rings is 1. The molecule has 0 N–H and O–H groups in total. The molecule has 1 aromatic rings. The Kier molecular flexibility index (Phi) is 2.50. The number of fused-ring (bicyclic) bond motifs is 1. The van der Waals surface area contributed by atoms with E-state index in [9.17, 15) is 4.79 Å². The first kappa shape index (κ1) is 10.2. The molecule has 0 bridgehead atoms. The molecule has 82 valence electrons. The third kappa shape index (κ3) is 1.89. The zero-order chi connectivity index (χ0) is 11.0. The van der Waals surface area contributed by atoms with Crippen molar-refractivity contribution in [3.8, 4) is 0 Å². The maximum Gasteiger partial charge on any atom is 0.225 e. The number of nitrogens with zero attached hydrogens (tertiary/aromatic N) is 3. The predicted molar refractivity (Wildman–Crippen MR) is 57.2 cm³/mol. The van der Waals surface area contributed by atoms with Gasteiger partial charge in [0.2, 0.25) is 5.91 Å². The van der Waals surface area contributed by atoms with Crippen LogP contribution in [0.1, 0.15) is 25.4 Å². The molecule has 0 unspecified atom stereocenters. The van der Waals surface area contributed by atoms with Gasteiger partial charge in [-0.3, -0.25) is 4.79 Å². The lowest BCUT2D eigenvalue weighted by molar-refractivity contribution is -0.136. The average molecular weight is 207 g/mol. The summed E-state index contributed by atoms with van der Waals surface area (Å²) in [5, 5.41) is 0. The number of amides is 1. The van der Waals surface area contributed by atoms with Gasteiger partial charge in [-0.05, 0) is 6.92 Å². The van der Waals surface area contributed by atoms with Crippen molar-refractivity contribution < 1.29 is 4.79 Å². The Labute approximate surface area is 89.9 Å². The van der Waals surface area contributed by atoms with Crippen LogP contribution in [0.25, 0.3) is 0 Å². The molecule has 1 aliphatic rings. The second-order valence-electron chi connectivity index (χ2n) is 4.41. The van der Waals surface area contributed by atoms with Gasteiger partial charge in [-0.15, -0.1) is 0 Å². The van der Waals surface area contributed by atoms with Crippen molar-refractivity contribution in [3.63, 3.8) is 0 Å². The van der Waals surface area contributed by atoms with Crippen LogP contribution in [0.5, 0.6) is 0 Å². The van der Waals surface area contributed by atoms with Crippen LogP contribution in [0.4, 0.5) is 0 Å². The lowest BCUT2D eigenvalue weighted by Crippen LogP contribution is -2.40. The molecule has 0 saturated heterocycles. The Morgan fingerprint density at radius 1 is 1.47 bits per heavy atom. The van der Waals surface area contributed by atoms with Gasteiger partial charge in [0.25, 0.3) is 0 Å². The molecular weight excluding hydrogens is 190 g/mol. The Hall–Kier alpha value is -1.32. The molecule has 0 aromatic carbocycles. The van der Waals surface area contributed by atoms with Crippen molar-refractivity contribution in [2.75, 3.05) is 6.54 Å². The first-order valence-electron chi connectivity index (χ1n) is 5.39. The third-order valence-corrected chi connectivity index (χ3v) is 2.73. The highest BCUT2D eigenvalue weighted by Gasteiger charge is 2.23. The van der Waals surface area contributed by atoms with Gasteiger partial charge in [-0.25, -0.2) is 4.98 Å². The third-order valence-electron chi connectivity index (χ3n) is 2.73. The number of hydrogen-bond donors (Lipinski definition) is 0. The Morgan fingerprint density at radius 3 is 2.87 bits per heavy atom. The highest BCUT2D eigenvalue weighted by atomic mass is 16.2. The molecule has 0 spiro atoms. The molecule has 2 rings (SSSR count). The largest absolute Gasteiger partial charge is 0.333 e. The molecule has 2 heterocycles.